The molecule has 2 heterocycles. The molecule has 1 aliphatic carbocycles. The normalized spacial score (nSPS) is 28.7. The fourth-order valence-electron chi connectivity index (χ4n) is 4.08. The summed E-state index contributed by atoms with van der Waals surface area (Å²) in [6, 6.07) is 5.89. The number of carbonyl (C=O) groups is 1. The van der Waals surface area contributed by atoms with Crippen molar-refractivity contribution in [2.24, 2.45) is 17.6 Å². The number of nitrogens with zero attached hydrogens (tertiary/aromatic N) is 1. The molecule has 2 N–H and O–H groups in total. The van der Waals surface area contributed by atoms with Gasteiger partial charge in [-0.25, -0.2) is 0 Å². The first-order valence-corrected chi connectivity index (χ1v) is 8.22. The molecule has 3 atom stereocenters. The van der Waals surface area contributed by atoms with Crippen molar-refractivity contribution in [3.05, 3.63) is 29.3 Å². The summed E-state index contributed by atoms with van der Waals surface area (Å²) in [4.78, 5) is 14.8. The van der Waals surface area contributed by atoms with E-state index < -0.39 is 0 Å². The molecular formula is C18H22N2O3. The Labute approximate surface area is 136 Å². The van der Waals surface area contributed by atoms with Crippen molar-refractivity contribution in [1.82, 2.24) is 4.90 Å². The average Bonchev–Trinajstić information content (AvgIpc) is 3.15. The standard InChI is InChI=1S/C18H22N2O3/c1-22-14-3-5-17-12(7-14)6-13(10-23-17)18(21)20-8-11-2-4-16(19)15(11)9-20/h3,5-7,11,15-16H,2,4,8-10,19H2,1H3. The smallest absolute Gasteiger partial charge is 0.253 e. The van der Waals surface area contributed by atoms with E-state index in [-0.39, 0.29) is 11.9 Å². The van der Waals surface area contributed by atoms with Crippen LogP contribution in [0.5, 0.6) is 11.5 Å². The lowest BCUT2D eigenvalue weighted by Crippen LogP contribution is -2.35. The van der Waals surface area contributed by atoms with Crippen LogP contribution in [0.15, 0.2) is 23.8 Å². The van der Waals surface area contributed by atoms with Gasteiger partial charge in [-0.15, -0.1) is 0 Å². The zero-order valence-electron chi connectivity index (χ0n) is 13.3. The third-order valence-electron chi connectivity index (χ3n) is 5.40. The van der Waals surface area contributed by atoms with E-state index in [1.165, 1.54) is 0 Å². The van der Waals surface area contributed by atoms with Gasteiger partial charge in [-0.05, 0) is 49.0 Å². The molecule has 122 valence electrons. The van der Waals surface area contributed by atoms with Crippen molar-refractivity contribution in [3.63, 3.8) is 0 Å². The van der Waals surface area contributed by atoms with Crippen LogP contribution in [0.1, 0.15) is 18.4 Å². The minimum Gasteiger partial charge on any atom is -0.497 e. The first kappa shape index (κ1) is 14.6. The van der Waals surface area contributed by atoms with Crippen LogP contribution < -0.4 is 15.2 Å². The van der Waals surface area contributed by atoms with E-state index in [1.807, 2.05) is 29.2 Å². The van der Waals surface area contributed by atoms with Crippen LogP contribution in [0, 0.1) is 11.8 Å². The van der Waals surface area contributed by atoms with E-state index in [2.05, 4.69) is 0 Å². The Bertz CT molecular complexity index is 670. The van der Waals surface area contributed by atoms with Gasteiger partial charge >= 0.3 is 0 Å². The van der Waals surface area contributed by atoms with Crippen molar-refractivity contribution in [3.8, 4) is 11.5 Å². The number of amides is 1. The summed E-state index contributed by atoms with van der Waals surface area (Å²) in [6.07, 6.45) is 4.17. The molecule has 2 fully saturated rings. The second kappa shape index (κ2) is 5.57. The van der Waals surface area contributed by atoms with Gasteiger partial charge in [0.25, 0.3) is 5.91 Å². The Hall–Kier alpha value is -2.01. The first-order chi connectivity index (χ1) is 11.2. The van der Waals surface area contributed by atoms with E-state index in [0.717, 1.165) is 43.0 Å². The Balaban J connectivity index is 1.54. The van der Waals surface area contributed by atoms with Crippen LogP contribution in [0.3, 0.4) is 0 Å². The fourth-order valence-corrected chi connectivity index (χ4v) is 4.08. The van der Waals surface area contributed by atoms with Gasteiger partial charge in [-0.3, -0.25) is 4.79 Å². The minimum atomic E-state index is 0.0834. The Kier molecular flexibility index (Phi) is 3.53. The minimum absolute atomic E-state index is 0.0834. The van der Waals surface area contributed by atoms with Crippen LogP contribution in [-0.2, 0) is 4.79 Å². The molecule has 0 spiro atoms. The second-order valence-corrected chi connectivity index (χ2v) is 6.74. The maximum atomic E-state index is 12.8. The van der Waals surface area contributed by atoms with Gasteiger partial charge in [0.05, 0.1) is 12.7 Å². The van der Waals surface area contributed by atoms with Gasteiger partial charge in [0.2, 0.25) is 0 Å². The highest BCUT2D eigenvalue weighted by molar-refractivity contribution is 5.99. The third kappa shape index (κ3) is 2.49. The molecule has 5 nitrogen and oxygen atoms in total. The van der Waals surface area contributed by atoms with Crippen LogP contribution in [-0.4, -0.2) is 43.7 Å². The Morgan fingerprint density at radius 1 is 1.35 bits per heavy atom. The zero-order valence-corrected chi connectivity index (χ0v) is 13.3. The molecule has 1 saturated carbocycles. The lowest BCUT2D eigenvalue weighted by Gasteiger charge is -2.23. The number of ether oxygens (including phenoxy) is 2. The predicted octanol–water partition coefficient (Wildman–Crippen LogP) is 1.67. The van der Waals surface area contributed by atoms with Crippen molar-refractivity contribution in [1.29, 1.82) is 0 Å². The summed E-state index contributed by atoms with van der Waals surface area (Å²) in [6.45, 7) is 1.95. The van der Waals surface area contributed by atoms with Crippen molar-refractivity contribution >= 4 is 12.0 Å². The van der Waals surface area contributed by atoms with E-state index in [0.29, 0.717) is 24.0 Å². The number of likely N-dealkylation sites (tertiary alicyclic amines) is 1. The topological polar surface area (TPSA) is 64.8 Å². The highest BCUT2D eigenvalue weighted by Gasteiger charge is 2.43. The predicted molar refractivity (Wildman–Crippen MR) is 87.2 cm³/mol. The molecule has 2 aliphatic heterocycles. The average molecular weight is 314 g/mol. The molecular weight excluding hydrogens is 292 g/mol. The van der Waals surface area contributed by atoms with Gasteiger partial charge in [0.1, 0.15) is 18.1 Å². The van der Waals surface area contributed by atoms with Gasteiger partial charge in [0.15, 0.2) is 0 Å². The number of methoxy groups -OCH3 is 1. The van der Waals surface area contributed by atoms with Crippen molar-refractivity contribution in [2.45, 2.75) is 18.9 Å². The summed E-state index contributed by atoms with van der Waals surface area (Å²) in [5.74, 6) is 2.68. The third-order valence-corrected chi connectivity index (χ3v) is 5.40. The summed E-state index contributed by atoms with van der Waals surface area (Å²) >= 11 is 0. The molecule has 0 radical (unpaired) electrons. The molecule has 3 aliphatic rings. The first-order valence-electron chi connectivity index (χ1n) is 8.22. The summed E-state index contributed by atoms with van der Waals surface area (Å²) in [5, 5.41) is 0. The van der Waals surface area contributed by atoms with E-state index in [4.69, 9.17) is 15.2 Å². The molecule has 0 bridgehead atoms. The van der Waals surface area contributed by atoms with Crippen molar-refractivity contribution in [2.75, 3.05) is 26.8 Å². The Morgan fingerprint density at radius 3 is 3.00 bits per heavy atom. The van der Waals surface area contributed by atoms with Gasteiger partial charge in [-0.1, -0.05) is 0 Å². The fraction of sp³-hybridized carbons (Fsp3) is 0.500. The molecule has 4 rings (SSSR count). The molecule has 1 saturated heterocycles. The van der Waals surface area contributed by atoms with Crippen LogP contribution >= 0.6 is 0 Å². The number of nitrogens with two attached hydrogens (primary N) is 1. The molecule has 1 aromatic carbocycles. The van der Waals surface area contributed by atoms with Gasteiger partial charge < -0.3 is 20.1 Å². The summed E-state index contributed by atoms with van der Waals surface area (Å²) in [7, 11) is 1.63. The maximum Gasteiger partial charge on any atom is 0.253 e. The monoisotopic (exact) mass is 314 g/mol. The number of rotatable bonds is 2. The SMILES string of the molecule is COc1ccc2c(c1)C=C(C(=O)N1CC3CCC(N)C3C1)CO2. The Morgan fingerprint density at radius 2 is 2.22 bits per heavy atom. The van der Waals surface area contributed by atoms with Gasteiger partial charge in [0, 0.05) is 24.7 Å². The van der Waals surface area contributed by atoms with Crippen molar-refractivity contribution < 1.29 is 14.3 Å². The second-order valence-electron chi connectivity index (χ2n) is 6.74. The van der Waals surface area contributed by atoms with E-state index in [1.54, 1.807) is 7.11 Å². The molecule has 23 heavy (non-hydrogen) atoms. The number of carbonyl (C=O) groups excluding carboxylic acids is 1. The molecule has 5 heteroatoms. The summed E-state index contributed by atoms with van der Waals surface area (Å²) in [5.41, 5.74) is 7.77. The van der Waals surface area contributed by atoms with Crippen LogP contribution in [0.4, 0.5) is 0 Å². The summed E-state index contributed by atoms with van der Waals surface area (Å²) < 4.78 is 11.0. The highest BCUT2D eigenvalue weighted by atomic mass is 16.5. The number of hydrogen-bond acceptors (Lipinski definition) is 4. The quantitative estimate of drug-likeness (QED) is 0.902. The number of hydrogen-bond donors (Lipinski definition) is 1. The number of fused-ring (bicyclic) bond motifs is 2. The van der Waals surface area contributed by atoms with Crippen LogP contribution in [0.25, 0.3) is 6.08 Å². The van der Waals surface area contributed by atoms with Gasteiger partial charge in [-0.2, -0.15) is 0 Å². The highest BCUT2D eigenvalue weighted by Crippen LogP contribution is 2.38. The maximum absolute atomic E-state index is 12.8. The van der Waals surface area contributed by atoms with E-state index >= 15 is 0 Å². The zero-order chi connectivity index (χ0) is 16.0. The van der Waals surface area contributed by atoms with E-state index in [9.17, 15) is 4.79 Å². The lowest BCUT2D eigenvalue weighted by molar-refractivity contribution is -0.126. The number of benzene rings is 1. The molecule has 3 unspecified atom stereocenters. The largest absolute Gasteiger partial charge is 0.497 e. The van der Waals surface area contributed by atoms with Crippen LogP contribution in [0.2, 0.25) is 0 Å². The molecule has 1 amide bonds. The molecule has 0 aromatic heterocycles. The molecule has 1 aromatic rings. The lowest BCUT2D eigenvalue weighted by atomic mass is 9.98.